The predicted octanol–water partition coefficient (Wildman–Crippen LogP) is 7.00. The number of hydrogen-bond acceptors (Lipinski definition) is 6. The molecule has 35 heavy (non-hydrogen) atoms. The van der Waals surface area contributed by atoms with E-state index in [0.29, 0.717) is 18.5 Å². The molecule has 0 aliphatic heterocycles. The number of halogens is 1. The number of ether oxygens (including phenoxy) is 1. The first-order chi connectivity index (χ1) is 17.1. The lowest BCUT2D eigenvalue weighted by atomic mass is 9.78. The number of nitrogens with zero attached hydrogens (tertiary/aromatic N) is 2. The SMILES string of the molecule is COC.SOCCc1ccc(Nc2ncc3c(n2)-c2ccccc2C(c2ccc(Br)cc2)C3)cc1. The summed E-state index contributed by atoms with van der Waals surface area (Å²) >= 11 is 7.34. The molecule has 0 saturated heterocycles. The average Bonchev–Trinajstić information content (AvgIpc) is 2.89. The minimum absolute atomic E-state index is 0.294. The van der Waals surface area contributed by atoms with Crippen LogP contribution in [-0.2, 0) is 21.8 Å². The molecule has 1 atom stereocenters. The third kappa shape index (κ3) is 6.30. The fourth-order valence-corrected chi connectivity index (χ4v) is 4.59. The van der Waals surface area contributed by atoms with Crippen LogP contribution in [0.15, 0.2) is 83.5 Å². The lowest BCUT2D eigenvalue weighted by molar-refractivity contribution is 0.277. The van der Waals surface area contributed by atoms with E-state index in [-0.39, 0.29) is 0 Å². The van der Waals surface area contributed by atoms with Gasteiger partial charge in [0.15, 0.2) is 0 Å². The van der Waals surface area contributed by atoms with Crippen LogP contribution in [0.2, 0.25) is 0 Å². The molecule has 5 rings (SSSR count). The van der Waals surface area contributed by atoms with Crippen molar-refractivity contribution < 1.29 is 8.92 Å². The Balaban J connectivity index is 0.000000917. The lowest BCUT2D eigenvalue weighted by Crippen LogP contribution is -2.15. The van der Waals surface area contributed by atoms with Gasteiger partial charge in [-0.15, -0.1) is 0 Å². The van der Waals surface area contributed by atoms with Gasteiger partial charge in [-0.2, -0.15) is 0 Å². The molecule has 1 aromatic heterocycles. The van der Waals surface area contributed by atoms with Gasteiger partial charge < -0.3 is 14.2 Å². The summed E-state index contributed by atoms with van der Waals surface area (Å²) < 4.78 is 10.2. The van der Waals surface area contributed by atoms with E-state index in [0.717, 1.165) is 28.7 Å². The zero-order valence-corrected chi connectivity index (χ0v) is 22.2. The van der Waals surface area contributed by atoms with E-state index in [4.69, 9.17) is 9.17 Å². The maximum Gasteiger partial charge on any atom is 0.227 e. The van der Waals surface area contributed by atoms with Crippen LogP contribution in [0.3, 0.4) is 0 Å². The van der Waals surface area contributed by atoms with E-state index in [9.17, 15) is 0 Å². The second-order valence-corrected chi connectivity index (χ2v) is 9.45. The average molecular weight is 551 g/mol. The molecule has 0 saturated carbocycles. The fourth-order valence-electron chi connectivity index (χ4n) is 4.24. The van der Waals surface area contributed by atoms with E-state index in [1.54, 1.807) is 14.2 Å². The van der Waals surface area contributed by atoms with Crippen LogP contribution < -0.4 is 5.32 Å². The Morgan fingerprint density at radius 1 is 1.00 bits per heavy atom. The first kappa shape index (κ1) is 25.4. The minimum Gasteiger partial charge on any atom is -0.388 e. The molecule has 5 nitrogen and oxygen atoms in total. The smallest absolute Gasteiger partial charge is 0.227 e. The number of fused-ring (bicyclic) bond motifs is 3. The van der Waals surface area contributed by atoms with Crippen molar-refractivity contribution in [1.82, 2.24) is 9.97 Å². The van der Waals surface area contributed by atoms with Gasteiger partial charge in [0.2, 0.25) is 5.95 Å². The molecule has 4 aromatic rings. The third-order valence-electron chi connectivity index (χ3n) is 5.84. The number of thiol groups is 1. The van der Waals surface area contributed by atoms with Crippen molar-refractivity contribution in [3.05, 3.63) is 106 Å². The normalized spacial score (nSPS) is 13.8. The molecule has 3 aromatic carbocycles. The van der Waals surface area contributed by atoms with Crippen LogP contribution >= 0.6 is 28.8 Å². The van der Waals surface area contributed by atoms with E-state index in [1.165, 1.54) is 27.8 Å². The summed E-state index contributed by atoms with van der Waals surface area (Å²) in [6, 6.07) is 25.4. The van der Waals surface area contributed by atoms with Gasteiger partial charge in [0, 0.05) is 42.1 Å². The molecule has 1 unspecified atom stereocenters. The molecule has 0 radical (unpaired) electrons. The van der Waals surface area contributed by atoms with Crippen molar-refractivity contribution in [3.63, 3.8) is 0 Å². The summed E-state index contributed by atoms with van der Waals surface area (Å²) in [7, 11) is 3.25. The zero-order valence-electron chi connectivity index (χ0n) is 19.7. The summed E-state index contributed by atoms with van der Waals surface area (Å²) in [6.45, 7) is 0.588. The lowest BCUT2D eigenvalue weighted by Gasteiger charge is -2.27. The van der Waals surface area contributed by atoms with Crippen LogP contribution in [0, 0.1) is 0 Å². The van der Waals surface area contributed by atoms with Crippen LogP contribution in [0.1, 0.15) is 28.2 Å². The van der Waals surface area contributed by atoms with Crippen LogP contribution in [0.25, 0.3) is 11.3 Å². The van der Waals surface area contributed by atoms with Crippen LogP contribution in [0.5, 0.6) is 0 Å². The number of anilines is 2. The highest BCUT2D eigenvalue weighted by molar-refractivity contribution is 9.10. The number of methoxy groups -OCH3 is 1. The summed E-state index contributed by atoms with van der Waals surface area (Å²) in [5.41, 5.74) is 8.12. The maximum atomic E-state index is 4.90. The molecule has 180 valence electrons. The zero-order chi connectivity index (χ0) is 24.6. The van der Waals surface area contributed by atoms with Gasteiger partial charge in [0.25, 0.3) is 0 Å². The molecule has 0 spiro atoms. The summed E-state index contributed by atoms with van der Waals surface area (Å²) in [5, 5.41) is 3.34. The van der Waals surface area contributed by atoms with Crippen molar-refractivity contribution in [2.45, 2.75) is 18.8 Å². The molecule has 1 N–H and O–H groups in total. The van der Waals surface area contributed by atoms with Crippen molar-refractivity contribution in [3.8, 4) is 11.3 Å². The summed E-state index contributed by atoms with van der Waals surface area (Å²) in [5.74, 6) is 0.898. The van der Waals surface area contributed by atoms with Crippen molar-refractivity contribution in [2.75, 3.05) is 26.1 Å². The molecule has 0 amide bonds. The van der Waals surface area contributed by atoms with E-state index < -0.39 is 0 Å². The van der Waals surface area contributed by atoms with Crippen molar-refractivity contribution in [1.29, 1.82) is 0 Å². The number of nitrogens with one attached hydrogen (secondary N) is 1. The van der Waals surface area contributed by atoms with E-state index in [1.807, 2.05) is 18.3 Å². The number of hydrogen-bond donors (Lipinski definition) is 2. The van der Waals surface area contributed by atoms with E-state index >= 15 is 0 Å². The Morgan fingerprint density at radius 3 is 2.43 bits per heavy atom. The van der Waals surface area contributed by atoms with E-state index in [2.05, 4.69) is 105 Å². The Hall–Kier alpha value is -2.71. The first-order valence-corrected chi connectivity index (χ1v) is 12.5. The summed E-state index contributed by atoms with van der Waals surface area (Å²) in [4.78, 5) is 9.52. The molecular weight excluding hydrogens is 522 g/mol. The topological polar surface area (TPSA) is 56.3 Å². The number of rotatable bonds is 6. The van der Waals surface area contributed by atoms with Gasteiger partial charge in [-0.05, 0) is 72.3 Å². The Bertz CT molecular complexity index is 1250. The first-order valence-electron chi connectivity index (χ1n) is 11.4. The van der Waals surface area contributed by atoms with Gasteiger partial charge in [0.1, 0.15) is 0 Å². The largest absolute Gasteiger partial charge is 0.388 e. The Morgan fingerprint density at radius 2 is 1.71 bits per heavy atom. The Kier molecular flexibility index (Phi) is 8.93. The monoisotopic (exact) mass is 549 g/mol. The van der Waals surface area contributed by atoms with Gasteiger partial charge in [0.05, 0.1) is 12.3 Å². The predicted molar refractivity (Wildman–Crippen MR) is 148 cm³/mol. The summed E-state index contributed by atoms with van der Waals surface area (Å²) in [6.07, 6.45) is 3.68. The maximum absolute atomic E-state index is 4.90. The molecule has 7 heteroatoms. The quantitative estimate of drug-likeness (QED) is 0.200. The minimum atomic E-state index is 0.294. The van der Waals surface area contributed by atoms with Gasteiger partial charge in [-0.25, -0.2) is 9.97 Å². The van der Waals surface area contributed by atoms with Crippen molar-refractivity contribution >= 4 is 40.5 Å². The van der Waals surface area contributed by atoms with Gasteiger partial charge >= 0.3 is 0 Å². The molecule has 1 heterocycles. The number of aromatic nitrogens is 2. The fraction of sp³-hybridized carbons (Fsp3) is 0.214. The number of benzene rings is 3. The van der Waals surface area contributed by atoms with Gasteiger partial charge in [-0.3, -0.25) is 0 Å². The second kappa shape index (κ2) is 12.3. The Labute approximate surface area is 220 Å². The molecule has 0 bridgehead atoms. The molecular formula is C28H28BrN3O2S. The highest BCUT2D eigenvalue weighted by atomic mass is 79.9. The molecule has 0 fully saturated rings. The third-order valence-corrected chi connectivity index (χ3v) is 6.56. The molecule has 1 aliphatic carbocycles. The second-order valence-electron chi connectivity index (χ2n) is 8.28. The van der Waals surface area contributed by atoms with Crippen LogP contribution in [0.4, 0.5) is 11.6 Å². The van der Waals surface area contributed by atoms with Crippen molar-refractivity contribution in [2.24, 2.45) is 0 Å². The van der Waals surface area contributed by atoms with Crippen LogP contribution in [-0.4, -0.2) is 30.8 Å². The highest BCUT2D eigenvalue weighted by Gasteiger charge is 2.27. The van der Waals surface area contributed by atoms with Gasteiger partial charge in [-0.1, -0.05) is 64.5 Å². The highest BCUT2D eigenvalue weighted by Crippen LogP contribution is 2.42. The standard InChI is InChI=1S/C26H22BrN3OS.C2H6O/c27-20-9-7-18(8-10-20)24-15-19-16-28-26(30-25(19)23-4-2-1-3-22(23)24)29-21-11-5-17(6-12-21)13-14-31-32;1-3-2/h1-12,16,24,32H,13-15H2,(H,28,29,30);1-2H3. The molecule has 1 aliphatic rings.